The van der Waals surface area contributed by atoms with Gasteiger partial charge in [-0.25, -0.2) is 5.43 Å². The number of amides is 1. The summed E-state index contributed by atoms with van der Waals surface area (Å²) in [5.41, 5.74) is 3.42. The molecule has 0 heterocycles. The molecule has 1 N–H and O–H groups in total. The quantitative estimate of drug-likeness (QED) is 0.575. The smallest absolute Gasteiger partial charge is 0.280 e. The van der Waals surface area contributed by atoms with E-state index in [1.54, 1.807) is 13.1 Å². The molecule has 3 aromatic carbocycles. The zero-order valence-electron chi connectivity index (χ0n) is 13.3. The molecule has 0 bridgehead atoms. The molecule has 3 rings (SSSR count). The van der Waals surface area contributed by atoms with Crippen LogP contribution in [0, 0.1) is 0 Å². The molecule has 0 saturated carbocycles. The summed E-state index contributed by atoms with van der Waals surface area (Å²) in [7, 11) is 0. The average molecular weight is 318 g/mol. The van der Waals surface area contributed by atoms with E-state index in [0.29, 0.717) is 5.75 Å². The molecule has 3 aromatic rings. The van der Waals surface area contributed by atoms with Crippen molar-refractivity contribution in [2.24, 2.45) is 5.10 Å². The molecule has 0 saturated heterocycles. The number of hydrogen-bond donors (Lipinski definition) is 1. The Morgan fingerprint density at radius 3 is 2.54 bits per heavy atom. The number of benzene rings is 3. The number of ether oxygens (including phenoxy) is 1. The van der Waals surface area contributed by atoms with Crippen molar-refractivity contribution in [2.75, 3.05) is 0 Å². The molecule has 0 radical (unpaired) electrons. The molecular weight excluding hydrogens is 300 g/mol. The first-order valence-electron chi connectivity index (χ1n) is 7.76. The predicted molar refractivity (Wildman–Crippen MR) is 96.2 cm³/mol. The summed E-state index contributed by atoms with van der Waals surface area (Å²) in [6.07, 6.45) is 0.950. The molecule has 0 aromatic heterocycles. The van der Waals surface area contributed by atoms with Crippen molar-refractivity contribution in [2.45, 2.75) is 13.0 Å². The van der Waals surface area contributed by atoms with Crippen molar-refractivity contribution in [1.29, 1.82) is 0 Å². The van der Waals surface area contributed by atoms with Gasteiger partial charge in [-0.3, -0.25) is 4.79 Å². The van der Waals surface area contributed by atoms with Gasteiger partial charge in [0.1, 0.15) is 5.75 Å². The number of rotatable bonds is 5. The fraction of sp³-hybridized carbons (Fsp3) is 0.100. The van der Waals surface area contributed by atoms with Crippen molar-refractivity contribution in [3.05, 3.63) is 78.4 Å². The number of nitrogens with one attached hydrogen (secondary N) is 1. The van der Waals surface area contributed by atoms with E-state index < -0.39 is 6.10 Å². The van der Waals surface area contributed by atoms with Gasteiger partial charge in [0.2, 0.25) is 0 Å². The van der Waals surface area contributed by atoms with E-state index in [1.807, 2.05) is 72.8 Å². The molecule has 0 fully saturated rings. The highest BCUT2D eigenvalue weighted by molar-refractivity contribution is 5.89. The third-order valence-electron chi connectivity index (χ3n) is 3.61. The number of hydrazone groups is 1. The number of nitrogens with zero attached hydrogens (tertiary/aromatic N) is 1. The van der Waals surface area contributed by atoms with Crippen LogP contribution in [0.4, 0.5) is 0 Å². The highest BCUT2D eigenvalue weighted by Crippen LogP contribution is 2.25. The minimum absolute atomic E-state index is 0.296. The van der Waals surface area contributed by atoms with Crippen molar-refractivity contribution < 1.29 is 9.53 Å². The van der Waals surface area contributed by atoms with Gasteiger partial charge < -0.3 is 4.74 Å². The monoisotopic (exact) mass is 318 g/mol. The number of fused-ring (bicyclic) bond motifs is 1. The normalized spacial score (nSPS) is 12.2. The van der Waals surface area contributed by atoms with Crippen LogP contribution in [0.5, 0.6) is 5.75 Å². The topological polar surface area (TPSA) is 50.7 Å². The maximum Gasteiger partial charge on any atom is 0.280 e. The van der Waals surface area contributed by atoms with E-state index in [0.717, 1.165) is 16.3 Å². The maximum absolute atomic E-state index is 12.1. The highest BCUT2D eigenvalue weighted by Gasteiger charge is 2.15. The Balaban J connectivity index is 1.64. The third kappa shape index (κ3) is 3.79. The fourth-order valence-corrected chi connectivity index (χ4v) is 2.34. The number of hydrogen-bond acceptors (Lipinski definition) is 3. The minimum atomic E-state index is -0.649. The largest absolute Gasteiger partial charge is 0.480 e. The van der Waals surface area contributed by atoms with Crippen molar-refractivity contribution in [1.82, 2.24) is 5.43 Å². The molecule has 0 aliphatic heterocycles. The second kappa shape index (κ2) is 7.42. The molecule has 4 nitrogen and oxygen atoms in total. The molecule has 0 aliphatic carbocycles. The molecular formula is C20H18N2O2. The zero-order chi connectivity index (χ0) is 16.8. The summed E-state index contributed by atoms with van der Waals surface area (Å²) in [5.74, 6) is 0.387. The van der Waals surface area contributed by atoms with Gasteiger partial charge in [-0.1, -0.05) is 66.7 Å². The SMILES string of the molecule is CC(Oc1cccc2ccccc12)C(=O)N/N=C/c1ccccc1. The Kier molecular flexibility index (Phi) is 4.87. The Morgan fingerprint density at radius 2 is 1.71 bits per heavy atom. The Morgan fingerprint density at radius 1 is 1.00 bits per heavy atom. The highest BCUT2D eigenvalue weighted by atomic mass is 16.5. The second-order valence-corrected chi connectivity index (χ2v) is 5.38. The van der Waals surface area contributed by atoms with Gasteiger partial charge in [0.25, 0.3) is 5.91 Å². The lowest BCUT2D eigenvalue weighted by Gasteiger charge is -2.14. The van der Waals surface area contributed by atoms with Crippen LogP contribution in [0.3, 0.4) is 0 Å². The predicted octanol–water partition coefficient (Wildman–Crippen LogP) is 3.76. The van der Waals surface area contributed by atoms with Crippen LogP contribution in [-0.4, -0.2) is 18.2 Å². The zero-order valence-corrected chi connectivity index (χ0v) is 13.3. The fourth-order valence-electron chi connectivity index (χ4n) is 2.34. The van der Waals surface area contributed by atoms with E-state index in [-0.39, 0.29) is 5.91 Å². The van der Waals surface area contributed by atoms with Crippen molar-refractivity contribution in [3.63, 3.8) is 0 Å². The minimum Gasteiger partial charge on any atom is -0.480 e. The van der Waals surface area contributed by atoms with Gasteiger partial charge in [-0.2, -0.15) is 5.10 Å². The van der Waals surface area contributed by atoms with Crippen molar-refractivity contribution >= 4 is 22.9 Å². The van der Waals surface area contributed by atoms with Gasteiger partial charge >= 0.3 is 0 Å². The Hall–Kier alpha value is -3.14. The van der Waals surface area contributed by atoms with Gasteiger partial charge in [-0.15, -0.1) is 0 Å². The lowest BCUT2D eigenvalue weighted by molar-refractivity contribution is -0.127. The maximum atomic E-state index is 12.1. The van der Waals surface area contributed by atoms with Gasteiger partial charge in [0, 0.05) is 5.39 Å². The summed E-state index contributed by atoms with van der Waals surface area (Å²) in [6.45, 7) is 1.70. The average Bonchev–Trinajstić information content (AvgIpc) is 2.63. The first-order valence-corrected chi connectivity index (χ1v) is 7.76. The van der Waals surface area contributed by atoms with Crippen LogP contribution >= 0.6 is 0 Å². The number of carbonyl (C=O) groups excluding carboxylic acids is 1. The lowest BCUT2D eigenvalue weighted by atomic mass is 10.1. The molecule has 24 heavy (non-hydrogen) atoms. The van der Waals surface area contributed by atoms with Gasteiger partial charge in [0.15, 0.2) is 6.10 Å². The van der Waals surface area contributed by atoms with Gasteiger partial charge in [0.05, 0.1) is 6.21 Å². The Labute approximate surface area is 140 Å². The van der Waals surface area contributed by atoms with Gasteiger partial charge in [-0.05, 0) is 23.9 Å². The summed E-state index contributed by atoms with van der Waals surface area (Å²) in [6, 6.07) is 23.3. The standard InChI is InChI=1S/C20H18N2O2/c1-15(20(23)22-21-14-16-8-3-2-4-9-16)24-19-13-7-11-17-10-5-6-12-18(17)19/h2-15H,1H3,(H,22,23)/b21-14+. The Bertz CT molecular complexity index is 854. The summed E-state index contributed by atoms with van der Waals surface area (Å²) >= 11 is 0. The lowest BCUT2D eigenvalue weighted by Crippen LogP contribution is -2.33. The van der Waals surface area contributed by atoms with E-state index in [9.17, 15) is 4.79 Å². The van der Waals surface area contributed by atoms with E-state index in [1.165, 1.54) is 0 Å². The van der Waals surface area contributed by atoms with Crippen LogP contribution < -0.4 is 10.2 Å². The third-order valence-corrected chi connectivity index (χ3v) is 3.61. The summed E-state index contributed by atoms with van der Waals surface area (Å²) in [4.78, 5) is 12.1. The van der Waals surface area contributed by atoms with Crippen LogP contribution in [0.25, 0.3) is 10.8 Å². The summed E-state index contributed by atoms with van der Waals surface area (Å²) < 4.78 is 5.81. The molecule has 1 amide bonds. The molecule has 0 aliphatic rings. The van der Waals surface area contributed by atoms with Crippen LogP contribution in [0.1, 0.15) is 12.5 Å². The van der Waals surface area contributed by atoms with E-state index in [4.69, 9.17) is 4.74 Å². The first kappa shape index (κ1) is 15.7. The van der Waals surface area contributed by atoms with Crippen molar-refractivity contribution in [3.8, 4) is 5.75 Å². The van der Waals surface area contributed by atoms with E-state index in [2.05, 4.69) is 10.5 Å². The first-order chi connectivity index (χ1) is 11.7. The van der Waals surface area contributed by atoms with Crippen LogP contribution in [0.15, 0.2) is 77.9 Å². The molecule has 4 heteroatoms. The molecule has 0 spiro atoms. The molecule has 1 atom stereocenters. The number of carbonyl (C=O) groups is 1. The van der Waals surface area contributed by atoms with Crippen LogP contribution in [-0.2, 0) is 4.79 Å². The molecule has 1 unspecified atom stereocenters. The molecule has 120 valence electrons. The summed E-state index contributed by atoms with van der Waals surface area (Å²) in [5, 5.41) is 6.01. The second-order valence-electron chi connectivity index (χ2n) is 5.38. The van der Waals surface area contributed by atoms with Crippen LogP contribution in [0.2, 0.25) is 0 Å². The van der Waals surface area contributed by atoms with E-state index >= 15 is 0 Å².